The molecular formula is C10H18N2O2. The molecule has 4 nitrogen and oxygen atoms in total. The van der Waals surface area contributed by atoms with Crippen molar-refractivity contribution in [2.24, 2.45) is 5.73 Å². The van der Waals surface area contributed by atoms with Gasteiger partial charge in [-0.15, -0.1) is 0 Å². The molecule has 0 aromatic heterocycles. The Balaban J connectivity index is 1.84. The molecule has 14 heavy (non-hydrogen) atoms. The predicted molar refractivity (Wildman–Crippen MR) is 52.7 cm³/mol. The lowest BCUT2D eigenvalue weighted by Gasteiger charge is -2.21. The first-order valence-electron chi connectivity index (χ1n) is 5.42. The van der Waals surface area contributed by atoms with Gasteiger partial charge in [-0.1, -0.05) is 6.92 Å². The molecule has 4 heteroatoms. The van der Waals surface area contributed by atoms with Crippen LogP contribution in [0, 0.1) is 0 Å². The lowest BCUT2D eigenvalue weighted by molar-refractivity contribution is -0.123. The number of nitrogens with one attached hydrogen (secondary N) is 1. The summed E-state index contributed by atoms with van der Waals surface area (Å²) in [6, 6.07) is -0.159. The Labute approximate surface area is 84.2 Å². The van der Waals surface area contributed by atoms with Gasteiger partial charge in [0.2, 0.25) is 5.91 Å². The highest BCUT2D eigenvalue weighted by Crippen LogP contribution is 2.34. The molecule has 0 aromatic carbocycles. The van der Waals surface area contributed by atoms with Crippen LogP contribution in [0.4, 0.5) is 0 Å². The molecule has 0 radical (unpaired) electrons. The second kappa shape index (κ2) is 3.87. The Hall–Kier alpha value is -0.610. The minimum absolute atomic E-state index is 0.0337. The summed E-state index contributed by atoms with van der Waals surface area (Å²) >= 11 is 0. The summed E-state index contributed by atoms with van der Waals surface area (Å²) < 4.78 is 5.64. The van der Waals surface area contributed by atoms with Gasteiger partial charge < -0.3 is 15.8 Å². The number of carbonyl (C=O) groups is 1. The number of amides is 1. The van der Waals surface area contributed by atoms with Crippen molar-refractivity contribution in [3.63, 3.8) is 0 Å². The third kappa shape index (κ3) is 1.77. The van der Waals surface area contributed by atoms with Gasteiger partial charge in [0.05, 0.1) is 24.3 Å². The maximum atomic E-state index is 11.5. The van der Waals surface area contributed by atoms with Crippen LogP contribution in [0.15, 0.2) is 0 Å². The first-order chi connectivity index (χ1) is 6.70. The molecular weight excluding hydrogens is 180 g/mol. The fourth-order valence-electron chi connectivity index (χ4n) is 2.26. The third-order valence-corrected chi connectivity index (χ3v) is 3.21. The quantitative estimate of drug-likeness (QED) is 0.679. The Morgan fingerprint density at radius 1 is 1.64 bits per heavy atom. The van der Waals surface area contributed by atoms with Gasteiger partial charge in [0.15, 0.2) is 0 Å². The summed E-state index contributed by atoms with van der Waals surface area (Å²) in [6.07, 6.45) is 4.50. The van der Waals surface area contributed by atoms with Crippen LogP contribution in [-0.4, -0.2) is 30.2 Å². The highest BCUT2D eigenvalue weighted by Gasteiger charge is 2.41. The van der Waals surface area contributed by atoms with Crippen LogP contribution in [0.2, 0.25) is 0 Å². The van der Waals surface area contributed by atoms with Crippen molar-refractivity contribution < 1.29 is 9.53 Å². The summed E-state index contributed by atoms with van der Waals surface area (Å²) in [5, 5.41) is 2.97. The van der Waals surface area contributed by atoms with Gasteiger partial charge in [-0.3, -0.25) is 4.79 Å². The molecule has 2 aliphatic rings. The van der Waals surface area contributed by atoms with Crippen molar-refractivity contribution in [2.45, 2.75) is 56.9 Å². The van der Waals surface area contributed by atoms with Crippen molar-refractivity contribution in [2.75, 3.05) is 0 Å². The number of ether oxygens (including phenoxy) is 1. The van der Waals surface area contributed by atoms with Gasteiger partial charge in [-0.05, 0) is 25.7 Å². The van der Waals surface area contributed by atoms with E-state index in [0.29, 0.717) is 12.5 Å². The minimum atomic E-state index is -0.367. The number of rotatable bonds is 3. The van der Waals surface area contributed by atoms with E-state index in [1.807, 2.05) is 6.92 Å². The van der Waals surface area contributed by atoms with E-state index in [1.54, 1.807) is 0 Å². The summed E-state index contributed by atoms with van der Waals surface area (Å²) in [7, 11) is 0. The zero-order valence-electron chi connectivity index (χ0n) is 8.53. The molecule has 2 fully saturated rings. The fourth-order valence-corrected chi connectivity index (χ4v) is 2.26. The van der Waals surface area contributed by atoms with Crippen LogP contribution in [0.3, 0.4) is 0 Å². The van der Waals surface area contributed by atoms with E-state index in [2.05, 4.69) is 5.32 Å². The summed E-state index contributed by atoms with van der Waals surface area (Å²) in [4.78, 5) is 11.5. The number of carbonyl (C=O) groups excluding carboxylic acids is 1. The molecule has 2 bridgehead atoms. The third-order valence-electron chi connectivity index (χ3n) is 3.21. The topological polar surface area (TPSA) is 64.4 Å². The molecule has 0 spiro atoms. The standard InChI is InChI=1S/C10H18N2O2/c1-2-7(11)10(13)12-8-5-6-3-4-9(8)14-6/h6-9H,2-5,11H2,1H3,(H,12,13)/t6-,7-,8-,9+/m1/s1. The fraction of sp³-hybridized carbons (Fsp3) is 0.900. The molecule has 0 aliphatic carbocycles. The molecule has 1 amide bonds. The summed E-state index contributed by atoms with van der Waals surface area (Å²) in [5.74, 6) is -0.0337. The molecule has 0 unspecified atom stereocenters. The highest BCUT2D eigenvalue weighted by atomic mass is 16.5. The second-order valence-corrected chi connectivity index (χ2v) is 4.24. The number of fused-ring (bicyclic) bond motifs is 2. The van der Waals surface area contributed by atoms with Gasteiger partial charge in [0.1, 0.15) is 0 Å². The van der Waals surface area contributed by atoms with Gasteiger partial charge in [0.25, 0.3) is 0 Å². The molecule has 2 saturated heterocycles. The molecule has 80 valence electrons. The van der Waals surface area contributed by atoms with Crippen molar-refractivity contribution in [3.8, 4) is 0 Å². The maximum Gasteiger partial charge on any atom is 0.237 e. The SMILES string of the molecule is CC[C@@H](N)C(=O)N[C@@H]1C[C@H]2CC[C@@H]1O2. The lowest BCUT2D eigenvalue weighted by atomic mass is 9.95. The van der Waals surface area contributed by atoms with Crippen LogP contribution in [0.25, 0.3) is 0 Å². The average molecular weight is 198 g/mol. The van der Waals surface area contributed by atoms with Gasteiger partial charge in [0, 0.05) is 0 Å². The number of nitrogens with two attached hydrogens (primary N) is 1. The van der Waals surface area contributed by atoms with E-state index in [4.69, 9.17) is 10.5 Å². The molecule has 0 saturated carbocycles. The van der Waals surface area contributed by atoms with Crippen molar-refractivity contribution in [1.29, 1.82) is 0 Å². The minimum Gasteiger partial charge on any atom is -0.373 e. The average Bonchev–Trinajstić information content (AvgIpc) is 2.77. The predicted octanol–water partition coefficient (Wildman–Crippen LogP) is 0.160. The van der Waals surface area contributed by atoms with E-state index in [1.165, 1.54) is 0 Å². The maximum absolute atomic E-state index is 11.5. The van der Waals surface area contributed by atoms with Crippen LogP contribution in [-0.2, 0) is 9.53 Å². The van der Waals surface area contributed by atoms with E-state index in [9.17, 15) is 4.79 Å². The van der Waals surface area contributed by atoms with E-state index in [-0.39, 0.29) is 24.1 Å². The summed E-state index contributed by atoms with van der Waals surface area (Å²) in [6.45, 7) is 1.92. The Morgan fingerprint density at radius 3 is 2.93 bits per heavy atom. The van der Waals surface area contributed by atoms with Crippen LogP contribution in [0.1, 0.15) is 32.6 Å². The summed E-state index contributed by atoms with van der Waals surface area (Å²) in [5.41, 5.74) is 5.64. The van der Waals surface area contributed by atoms with Crippen molar-refractivity contribution >= 4 is 5.91 Å². The Morgan fingerprint density at radius 2 is 2.43 bits per heavy atom. The molecule has 0 aromatic rings. The van der Waals surface area contributed by atoms with Gasteiger partial charge in [-0.2, -0.15) is 0 Å². The van der Waals surface area contributed by atoms with Crippen molar-refractivity contribution in [1.82, 2.24) is 5.32 Å². The molecule has 2 heterocycles. The van der Waals surface area contributed by atoms with Crippen LogP contribution in [0.5, 0.6) is 0 Å². The Bertz CT molecular complexity index is 232. The molecule has 2 aliphatic heterocycles. The van der Waals surface area contributed by atoms with Gasteiger partial charge >= 0.3 is 0 Å². The van der Waals surface area contributed by atoms with Crippen LogP contribution >= 0.6 is 0 Å². The normalized spacial score (nSPS) is 37.1. The van der Waals surface area contributed by atoms with E-state index < -0.39 is 0 Å². The lowest BCUT2D eigenvalue weighted by Crippen LogP contribution is -2.48. The largest absolute Gasteiger partial charge is 0.373 e. The highest BCUT2D eigenvalue weighted by molar-refractivity contribution is 5.81. The molecule has 4 atom stereocenters. The van der Waals surface area contributed by atoms with Crippen LogP contribution < -0.4 is 11.1 Å². The first-order valence-corrected chi connectivity index (χ1v) is 5.42. The first kappa shape index (κ1) is 9.93. The second-order valence-electron chi connectivity index (χ2n) is 4.24. The van der Waals surface area contributed by atoms with E-state index >= 15 is 0 Å². The smallest absolute Gasteiger partial charge is 0.237 e. The zero-order chi connectivity index (χ0) is 10.1. The molecule has 2 rings (SSSR count). The van der Waals surface area contributed by atoms with Gasteiger partial charge in [-0.25, -0.2) is 0 Å². The zero-order valence-corrected chi connectivity index (χ0v) is 8.53. The van der Waals surface area contributed by atoms with Crippen molar-refractivity contribution in [3.05, 3.63) is 0 Å². The molecule has 3 N–H and O–H groups in total. The number of hydrogen-bond donors (Lipinski definition) is 2. The Kier molecular flexibility index (Phi) is 2.74. The van der Waals surface area contributed by atoms with E-state index in [0.717, 1.165) is 19.3 Å². The number of hydrogen-bond acceptors (Lipinski definition) is 3. The monoisotopic (exact) mass is 198 g/mol.